The van der Waals surface area contributed by atoms with Crippen molar-refractivity contribution in [2.75, 3.05) is 9.80 Å². The van der Waals surface area contributed by atoms with Gasteiger partial charge in [0.1, 0.15) is 11.2 Å². The van der Waals surface area contributed by atoms with Crippen LogP contribution >= 0.6 is 0 Å². The van der Waals surface area contributed by atoms with E-state index < -0.39 is 0 Å². The van der Waals surface area contributed by atoms with Gasteiger partial charge in [-0.3, -0.25) is 0 Å². The maximum atomic E-state index is 7.52. The molecular formula is C86H80N2O2. The van der Waals surface area contributed by atoms with Crippen LogP contribution in [0, 0.1) is 0 Å². The first-order valence-corrected chi connectivity index (χ1v) is 33.6. The Kier molecular flexibility index (Phi) is 14.0. The quantitative estimate of drug-likeness (QED) is 0.102. The minimum atomic E-state index is 0.332. The summed E-state index contributed by atoms with van der Waals surface area (Å²) < 4.78 is 15.0. The standard InChI is InChI=1S/C86H80N2O2/c1-51(2)57-27-17-29-59(47-57)87(77-41-21-39-71-69-37-19-35-67(83(69)89-85(71)77)63-33-15-13-31-61(63)53(5)6)79-49-75(55-23-9-10-24-55)65-44-46-74-80(50-76(56-25-11-12-26-56)66-43-45-73(79)81(65)82(66)74)88(60-30-18-28-58(48-60)52(3)4)78-42-22-40-72-70-38-20-36-68(84(70)90-86(72)78)64-34-16-14-32-62(64)54(7)8/h13-22,27-56H,9-12,23-26H2,1-8H3. The molecule has 0 bridgehead atoms. The SMILES string of the molecule is CC(C)c1cccc(N(c2cc(C3CCCC3)c3ccc4c(N(c5cccc(C(C)C)c5)c5cccc6c5oc5c(-c7ccccc7C(C)C)cccc56)cc(C5CCCC5)c5ccc2c3c54)c2cccc3c2oc2c(-c4ccccc4C(C)C)cccc23)c1. The fourth-order valence-corrected chi connectivity index (χ4v) is 16.3. The summed E-state index contributed by atoms with van der Waals surface area (Å²) in [5.41, 5.74) is 23.2. The summed E-state index contributed by atoms with van der Waals surface area (Å²) in [4.78, 5) is 5.17. The zero-order valence-corrected chi connectivity index (χ0v) is 53.5. The molecule has 16 rings (SSSR count). The molecule has 2 aliphatic carbocycles. The third kappa shape index (κ3) is 9.13. The maximum absolute atomic E-state index is 7.52. The highest BCUT2D eigenvalue weighted by Gasteiger charge is 2.33. The lowest BCUT2D eigenvalue weighted by molar-refractivity contribution is 0.669. The van der Waals surface area contributed by atoms with Gasteiger partial charge in [-0.05, 0) is 176 Å². The van der Waals surface area contributed by atoms with Crippen molar-refractivity contribution in [1.82, 2.24) is 0 Å². The molecule has 4 heteroatoms. The van der Waals surface area contributed by atoms with Gasteiger partial charge in [0.05, 0.1) is 22.7 Å². The van der Waals surface area contributed by atoms with Crippen LogP contribution in [0.15, 0.2) is 215 Å². The van der Waals surface area contributed by atoms with Crippen molar-refractivity contribution in [3.8, 4) is 22.3 Å². The van der Waals surface area contributed by atoms with Gasteiger partial charge in [0.2, 0.25) is 0 Å². The molecular weight excluding hydrogens is 1090 g/mol. The first kappa shape index (κ1) is 56.1. The van der Waals surface area contributed by atoms with E-state index in [1.54, 1.807) is 0 Å². The Balaban J connectivity index is 1.00. The van der Waals surface area contributed by atoms with E-state index in [-0.39, 0.29) is 0 Å². The van der Waals surface area contributed by atoms with Crippen LogP contribution in [0.3, 0.4) is 0 Å². The Morgan fingerprint density at radius 1 is 0.300 bits per heavy atom. The topological polar surface area (TPSA) is 32.8 Å². The normalized spacial score (nSPS) is 14.4. The van der Waals surface area contributed by atoms with Crippen molar-refractivity contribution in [2.24, 2.45) is 0 Å². The molecule has 14 aromatic rings. The molecule has 4 nitrogen and oxygen atoms in total. The Morgan fingerprint density at radius 2 is 0.656 bits per heavy atom. The molecule has 0 saturated heterocycles. The van der Waals surface area contributed by atoms with Gasteiger partial charge in [0.15, 0.2) is 11.2 Å². The number of hydrogen-bond acceptors (Lipinski definition) is 4. The Labute approximate surface area is 530 Å². The molecule has 2 aliphatic rings. The highest BCUT2D eigenvalue weighted by molar-refractivity contribution is 6.30. The summed E-state index contributed by atoms with van der Waals surface area (Å²) in [7, 11) is 0. The first-order valence-electron chi connectivity index (χ1n) is 33.6. The maximum Gasteiger partial charge on any atom is 0.159 e. The van der Waals surface area contributed by atoms with Crippen LogP contribution < -0.4 is 9.80 Å². The number of furan rings is 2. The molecule has 2 saturated carbocycles. The number of para-hydroxylation sites is 4. The molecule has 0 radical (unpaired) electrons. The van der Waals surface area contributed by atoms with Gasteiger partial charge in [0.25, 0.3) is 0 Å². The predicted octanol–water partition coefficient (Wildman–Crippen LogP) is 26.5. The molecule has 0 spiro atoms. The highest BCUT2D eigenvalue weighted by atomic mass is 16.3. The number of benzene rings is 12. The lowest BCUT2D eigenvalue weighted by Gasteiger charge is -2.32. The van der Waals surface area contributed by atoms with Gasteiger partial charge in [-0.2, -0.15) is 0 Å². The molecule has 2 aromatic heterocycles. The monoisotopic (exact) mass is 1170 g/mol. The van der Waals surface area contributed by atoms with E-state index in [2.05, 4.69) is 271 Å². The second-order valence-electron chi connectivity index (χ2n) is 27.5. The average molecular weight is 1170 g/mol. The van der Waals surface area contributed by atoms with Gasteiger partial charge in [0, 0.05) is 54.8 Å². The van der Waals surface area contributed by atoms with Crippen molar-refractivity contribution in [3.63, 3.8) is 0 Å². The molecule has 2 heterocycles. The smallest absolute Gasteiger partial charge is 0.159 e. The number of anilines is 6. The second kappa shape index (κ2) is 22.4. The van der Waals surface area contributed by atoms with Gasteiger partial charge >= 0.3 is 0 Å². The number of hydrogen-bond donors (Lipinski definition) is 0. The second-order valence-corrected chi connectivity index (χ2v) is 27.5. The predicted molar refractivity (Wildman–Crippen MR) is 384 cm³/mol. The lowest BCUT2D eigenvalue weighted by atomic mass is 9.82. The fourth-order valence-electron chi connectivity index (χ4n) is 16.3. The van der Waals surface area contributed by atoms with Gasteiger partial charge in [-0.15, -0.1) is 0 Å². The molecule has 2 fully saturated rings. The summed E-state index contributed by atoms with van der Waals surface area (Å²) in [5.74, 6) is 2.22. The van der Waals surface area contributed by atoms with Crippen LogP contribution in [-0.4, -0.2) is 0 Å². The molecule has 0 unspecified atom stereocenters. The van der Waals surface area contributed by atoms with E-state index in [0.717, 1.165) is 77.8 Å². The van der Waals surface area contributed by atoms with E-state index in [1.807, 2.05) is 0 Å². The van der Waals surface area contributed by atoms with Crippen LogP contribution in [-0.2, 0) is 0 Å². The Morgan fingerprint density at radius 3 is 1.06 bits per heavy atom. The Bertz CT molecular complexity index is 4760. The zero-order valence-electron chi connectivity index (χ0n) is 53.5. The van der Waals surface area contributed by atoms with Crippen molar-refractivity contribution in [1.29, 1.82) is 0 Å². The van der Waals surface area contributed by atoms with Crippen LogP contribution in [0.4, 0.5) is 34.1 Å². The lowest BCUT2D eigenvalue weighted by Crippen LogP contribution is -2.14. The molecule has 90 heavy (non-hydrogen) atoms. The van der Waals surface area contributed by atoms with Crippen molar-refractivity contribution >= 4 is 110 Å². The number of rotatable bonds is 14. The molecule has 0 amide bonds. The van der Waals surface area contributed by atoms with E-state index in [0.29, 0.717) is 35.5 Å². The summed E-state index contributed by atoms with van der Waals surface area (Å²) >= 11 is 0. The summed E-state index contributed by atoms with van der Waals surface area (Å²) in [6.07, 6.45) is 9.66. The zero-order chi connectivity index (χ0) is 61.1. The summed E-state index contributed by atoms with van der Waals surface area (Å²) in [5, 5.41) is 12.5. The largest absolute Gasteiger partial charge is 0.453 e. The van der Waals surface area contributed by atoms with Crippen LogP contribution in [0.5, 0.6) is 0 Å². The van der Waals surface area contributed by atoms with E-state index in [9.17, 15) is 0 Å². The van der Waals surface area contributed by atoms with Gasteiger partial charge in [-0.1, -0.05) is 239 Å². The molecule has 0 atom stereocenters. The van der Waals surface area contributed by atoms with Crippen LogP contribution in [0.2, 0.25) is 0 Å². The van der Waals surface area contributed by atoms with Crippen molar-refractivity contribution in [2.45, 2.75) is 142 Å². The van der Waals surface area contributed by atoms with Crippen molar-refractivity contribution in [3.05, 3.63) is 240 Å². The highest BCUT2D eigenvalue weighted by Crippen LogP contribution is 2.56. The number of fused-ring (bicyclic) bond motifs is 6. The Hall–Kier alpha value is -9.12. The minimum absolute atomic E-state index is 0.332. The van der Waals surface area contributed by atoms with Crippen LogP contribution in [0.25, 0.3) is 98.4 Å². The molecule has 0 aliphatic heterocycles. The van der Waals surface area contributed by atoms with Gasteiger partial charge in [-0.25, -0.2) is 0 Å². The average Bonchev–Trinajstić information content (AvgIpc) is 0.803. The third-order valence-electron chi connectivity index (χ3n) is 20.8. The minimum Gasteiger partial charge on any atom is -0.453 e. The molecule has 12 aromatic carbocycles. The third-order valence-corrected chi connectivity index (χ3v) is 20.8. The summed E-state index contributed by atoms with van der Waals surface area (Å²) in [6.45, 7) is 18.4. The molecule has 446 valence electrons. The molecule has 0 N–H and O–H groups in total. The number of nitrogens with zero attached hydrogens (tertiary/aromatic N) is 2. The fraction of sp³-hybridized carbons (Fsp3) is 0.256. The first-order chi connectivity index (χ1) is 44.0. The van der Waals surface area contributed by atoms with E-state index in [1.165, 1.54) is 140 Å². The summed E-state index contributed by atoms with van der Waals surface area (Å²) in [6, 6.07) is 78.8. The van der Waals surface area contributed by atoms with E-state index in [4.69, 9.17) is 8.83 Å². The van der Waals surface area contributed by atoms with E-state index >= 15 is 0 Å². The van der Waals surface area contributed by atoms with Gasteiger partial charge < -0.3 is 18.6 Å². The van der Waals surface area contributed by atoms with Crippen molar-refractivity contribution < 1.29 is 8.83 Å². The van der Waals surface area contributed by atoms with Crippen LogP contribution in [0.1, 0.15) is 176 Å².